The molecule has 0 saturated carbocycles. The number of anilines is 2. The van der Waals surface area contributed by atoms with Crippen LogP contribution >= 0.6 is 0 Å². The van der Waals surface area contributed by atoms with Crippen LogP contribution in [0.2, 0.25) is 0 Å². The van der Waals surface area contributed by atoms with Gasteiger partial charge < -0.3 is 11.5 Å². The van der Waals surface area contributed by atoms with Crippen LogP contribution in [0.3, 0.4) is 0 Å². The van der Waals surface area contributed by atoms with E-state index in [9.17, 15) is 4.79 Å². The van der Waals surface area contributed by atoms with Gasteiger partial charge in [-0.25, -0.2) is 0 Å². The van der Waals surface area contributed by atoms with Crippen LogP contribution in [0.5, 0.6) is 0 Å². The second kappa shape index (κ2) is 2.85. The smallest absolute Gasteiger partial charge is 0.194 e. The number of hydrogen-bond acceptors (Lipinski definition) is 3. The Labute approximate surface area is 92.7 Å². The van der Waals surface area contributed by atoms with E-state index < -0.39 is 0 Å². The molecule has 3 nitrogen and oxygen atoms in total. The Morgan fingerprint density at radius 2 is 1.69 bits per heavy atom. The van der Waals surface area contributed by atoms with Crippen molar-refractivity contribution in [2.75, 3.05) is 11.5 Å². The van der Waals surface area contributed by atoms with Crippen LogP contribution in [0.15, 0.2) is 36.4 Å². The van der Waals surface area contributed by atoms with Crippen LogP contribution < -0.4 is 11.5 Å². The van der Waals surface area contributed by atoms with Gasteiger partial charge in [0.05, 0.1) is 0 Å². The Balaban J connectivity index is 2.41. The predicted octanol–water partition coefficient (Wildman–Crippen LogP) is 2.06. The van der Waals surface area contributed by atoms with E-state index in [1.807, 2.05) is 6.07 Å². The molecule has 3 heteroatoms. The number of carbonyl (C=O) groups is 1. The standard InChI is InChI=1S/C13H10N2O/c14-7-4-5-8-10(6-7)13(16)9-2-1-3-11(15)12(8)9/h1-6H,14-15H2. The van der Waals surface area contributed by atoms with Crippen LogP contribution in [0.25, 0.3) is 11.1 Å². The lowest BCUT2D eigenvalue weighted by atomic mass is 10.0. The van der Waals surface area contributed by atoms with Gasteiger partial charge in [-0.2, -0.15) is 0 Å². The van der Waals surface area contributed by atoms with E-state index in [0.717, 1.165) is 11.1 Å². The average molecular weight is 210 g/mol. The van der Waals surface area contributed by atoms with Gasteiger partial charge in [0.2, 0.25) is 0 Å². The lowest BCUT2D eigenvalue weighted by molar-refractivity contribution is 0.104. The van der Waals surface area contributed by atoms with Crippen molar-refractivity contribution in [3.05, 3.63) is 47.5 Å². The van der Waals surface area contributed by atoms with Crippen LogP contribution in [0, 0.1) is 0 Å². The molecular formula is C13H10N2O. The molecule has 1 aliphatic rings. The lowest BCUT2D eigenvalue weighted by Crippen LogP contribution is -1.96. The minimum Gasteiger partial charge on any atom is -0.399 e. The van der Waals surface area contributed by atoms with E-state index in [0.29, 0.717) is 22.5 Å². The molecule has 0 amide bonds. The molecule has 3 rings (SSSR count). The van der Waals surface area contributed by atoms with Crippen molar-refractivity contribution in [2.45, 2.75) is 0 Å². The number of benzene rings is 2. The molecule has 0 fully saturated rings. The Morgan fingerprint density at radius 1 is 0.875 bits per heavy atom. The van der Waals surface area contributed by atoms with E-state index in [4.69, 9.17) is 11.5 Å². The highest BCUT2D eigenvalue weighted by Gasteiger charge is 2.27. The monoisotopic (exact) mass is 210 g/mol. The Kier molecular flexibility index (Phi) is 1.60. The molecule has 1 aliphatic carbocycles. The lowest BCUT2D eigenvalue weighted by Gasteiger charge is -2.03. The number of rotatable bonds is 0. The maximum absolute atomic E-state index is 12.1. The van der Waals surface area contributed by atoms with Crippen LogP contribution in [0.1, 0.15) is 15.9 Å². The van der Waals surface area contributed by atoms with Gasteiger partial charge in [-0.15, -0.1) is 0 Å². The van der Waals surface area contributed by atoms with Crippen molar-refractivity contribution in [1.82, 2.24) is 0 Å². The first kappa shape index (κ1) is 8.97. The van der Waals surface area contributed by atoms with Gasteiger partial charge in [0.25, 0.3) is 0 Å². The highest BCUT2D eigenvalue weighted by molar-refractivity contribution is 6.23. The fourth-order valence-electron chi connectivity index (χ4n) is 2.17. The van der Waals surface area contributed by atoms with Gasteiger partial charge in [-0.3, -0.25) is 4.79 Å². The number of hydrogen-bond donors (Lipinski definition) is 2. The second-order valence-corrected chi connectivity index (χ2v) is 3.90. The molecule has 0 unspecified atom stereocenters. The summed E-state index contributed by atoms with van der Waals surface area (Å²) in [6, 6.07) is 10.7. The third-order valence-electron chi connectivity index (χ3n) is 2.90. The first-order valence-electron chi connectivity index (χ1n) is 5.01. The molecular weight excluding hydrogens is 200 g/mol. The van der Waals surface area contributed by atoms with E-state index >= 15 is 0 Å². The minimum atomic E-state index is 0.00426. The van der Waals surface area contributed by atoms with Crippen molar-refractivity contribution in [2.24, 2.45) is 0 Å². The molecule has 0 heterocycles. The first-order chi connectivity index (χ1) is 7.68. The zero-order valence-electron chi connectivity index (χ0n) is 8.53. The fourth-order valence-corrected chi connectivity index (χ4v) is 2.17. The summed E-state index contributed by atoms with van der Waals surface area (Å²) in [7, 11) is 0. The number of nitrogens with two attached hydrogens (primary N) is 2. The van der Waals surface area contributed by atoms with E-state index in [2.05, 4.69) is 0 Å². The molecule has 0 radical (unpaired) electrons. The molecule has 78 valence electrons. The molecule has 0 bridgehead atoms. The predicted molar refractivity (Wildman–Crippen MR) is 64.1 cm³/mol. The maximum Gasteiger partial charge on any atom is 0.194 e. The molecule has 0 aromatic heterocycles. The minimum absolute atomic E-state index is 0.00426. The van der Waals surface area contributed by atoms with Crippen molar-refractivity contribution < 1.29 is 4.79 Å². The summed E-state index contributed by atoms with van der Waals surface area (Å²) in [5, 5.41) is 0. The normalized spacial score (nSPS) is 12.4. The summed E-state index contributed by atoms with van der Waals surface area (Å²) >= 11 is 0. The average Bonchev–Trinajstić information content (AvgIpc) is 2.55. The number of fused-ring (bicyclic) bond motifs is 3. The summed E-state index contributed by atoms with van der Waals surface area (Å²) in [6.07, 6.45) is 0. The summed E-state index contributed by atoms with van der Waals surface area (Å²) in [5.41, 5.74) is 15.8. The Bertz CT molecular complexity index is 617. The van der Waals surface area contributed by atoms with Gasteiger partial charge in [0, 0.05) is 28.1 Å². The van der Waals surface area contributed by atoms with Crippen molar-refractivity contribution in [3.8, 4) is 11.1 Å². The summed E-state index contributed by atoms with van der Waals surface area (Å²) < 4.78 is 0. The topological polar surface area (TPSA) is 69.1 Å². The third-order valence-corrected chi connectivity index (χ3v) is 2.90. The molecule has 0 aliphatic heterocycles. The number of ketones is 1. The van der Waals surface area contributed by atoms with E-state index in [-0.39, 0.29) is 5.78 Å². The molecule has 0 atom stereocenters. The third kappa shape index (κ3) is 0.997. The Hall–Kier alpha value is -2.29. The highest BCUT2D eigenvalue weighted by atomic mass is 16.1. The van der Waals surface area contributed by atoms with E-state index in [1.165, 1.54) is 0 Å². The van der Waals surface area contributed by atoms with Crippen molar-refractivity contribution >= 4 is 17.2 Å². The van der Waals surface area contributed by atoms with Gasteiger partial charge >= 0.3 is 0 Å². The summed E-state index contributed by atoms with van der Waals surface area (Å²) in [6.45, 7) is 0. The Morgan fingerprint density at radius 3 is 2.50 bits per heavy atom. The number of nitrogen functional groups attached to an aromatic ring is 2. The summed E-state index contributed by atoms with van der Waals surface area (Å²) in [4.78, 5) is 12.1. The van der Waals surface area contributed by atoms with Crippen molar-refractivity contribution in [3.63, 3.8) is 0 Å². The largest absolute Gasteiger partial charge is 0.399 e. The molecule has 4 N–H and O–H groups in total. The van der Waals surface area contributed by atoms with Gasteiger partial charge in [0.1, 0.15) is 0 Å². The fraction of sp³-hybridized carbons (Fsp3) is 0. The molecule has 16 heavy (non-hydrogen) atoms. The molecule has 2 aromatic rings. The van der Waals surface area contributed by atoms with Gasteiger partial charge in [-0.05, 0) is 23.8 Å². The SMILES string of the molecule is Nc1ccc2c(c1)C(=O)c1cccc(N)c1-2. The molecule has 2 aromatic carbocycles. The highest BCUT2D eigenvalue weighted by Crippen LogP contribution is 2.40. The summed E-state index contributed by atoms with van der Waals surface area (Å²) in [5.74, 6) is 0.00426. The zero-order chi connectivity index (χ0) is 11.3. The maximum atomic E-state index is 12.1. The van der Waals surface area contributed by atoms with Crippen molar-refractivity contribution in [1.29, 1.82) is 0 Å². The first-order valence-corrected chi connectivity index (χ1v) is 5.01. The number of carbonyl (C=O) groups excluding carboxylic acids is 1. The second-order valence-electron chi connectivity index (χ2n) is 3.90. The molecule has 0 saturated heterocycles. The van der Waals surface area contributed by atoms with Gasteiger partial charge in [-0.1, -0.05) is 18.2 Å². The van der Waals surface area contributed by atoms with E-state index in [1.54, 1.807) is 30.3 Å². The van der Waals surface area contributed by atoms with Gasteiger partial charge in [0.15, 0.2) is 5.78 Å². The quantitative estimate of drug-likeness (QED) is 0.558. The van der Waals surface area contributed by atoms with Crippen LogP contribution in [0.4, 0.5) is 11.4 Å². The molecule has 0 spiro atoms. The van der Waals surface area contributed by atoms with Crippen LogP contribution in [-0.2, 0) is 0 Å². The van der Waals surface area contributed by atoms with Crippen LogP contribution in [-0.4, -0.2) is 5.78 Å². The zero-order valence-corrected chi connectivity index (χ0v) is 8.53.